The Morgan fingerprint density at radius 1 is 1.15 bits per heavy atom. The number of nitrogens with one attached hydrogen (secondary N) is 1. The molecule has 134 valence electrons. The lowest BCUT2D eigenvalue weighted by atomic mass is 10.2. The second-order valence-electron chi connectivity index (χ2n) is 6.54. The van der Waals surface area contributed by atoms with Crippen molar-refractivity contribution in [1.82, 2.24) is 9.88 Å². The molecule has 5 heteroatoms. The van der Waals surface area contributed by atoms with Gasteiger partial charge in [0.15, 0.2) is 5.13 Å². The first-order valence-electron chi connectivity index (χ1n) is 8.67. The Labute approximate surface area is 158 Å². The van der Waals surface area contributed by atoms with Crippen LogP contribution in [0.25, 0.3) is 0 Å². The van der Waals surface area contributed by atoms with Crippen LogP contribution in [0.3, 0.4) is 0 Å². The third kappa shape index (κ3) is 4.49. The molecule has 4 nitrogen and oxygen atoms in total. The van der Waals surface area contributed by atoms with E-state index >= 15 is 0 Å². The molecule has 1 amide bonds. The Kier molecular flexibility index (Phi) is 5.68. The van der Waals surface area contributed by atoms with E-state index < -0.39 is 0 Å². The van der Waals surface area contributed by atoms with E-state index in [1.165, 1.54) is 16.9 Å². The number of anilines is 2. The molecular weight excluding hydrogens is 342 g/mol. The quantitative estimate of drug-likeness (QED) is 0.649. The summed E-state index contributed by atoms with van der Waals surface area (Å²) in [6.07, 6.45) is 0. The van der Waals surface area contributed by atoms with Crippen molar-refractivity contribution in [2.24, 2.45) is 0 Å². The standard InChI is InChI=1S/C21H23N3OS/c1-15(2)24(13-17-9-5-4-6-10-17)20(25)19-14-26-21(23-19)22-18-11-7-8-16(3)12-18/h4-12,14-15H,13H2,1-3H3,(H,22,23). The Morgan fingerprint density at radius 2 is 1.92 bits per heavy atom. The number of thiazole rings is 1. The van der Waals surface area contributed by atoms with Gasteiger partial charge < -0.3 is 10.2 Å². The first-order chi connectivity index (χ1) is 12.5. The summed E-state index contributed by atoms with van der Waals surface area (Å²) in [4.78, 5) is 19.3. The van der Waals surface area contributed by atoms with Crippen LogP contribution in [0.2, 0.25) is 0 Å². The van der Waals surface area contributed by atoms with Crippen LogP contribution in [-0.4, -0.2) is 21.8 Å². The highest BCUT2D eigenvalue weighted by molar-refractivity contribution is 7.14. The summed E-state index contributed by atoms with van der Waals surface area (Å²) < 4.78 is 0. The lowest BCUT2D eigenvalue weighted by Gasteiger charge is -2.26. The molecule has 0 unspecified atom stereocenters. The largest absolute Gasteiger partial charge is 0.332 e. The van der Waals surface area contributed by atoms with E-state index in [0.29, 0.717) is 12.2 Å². The minimum Gasteiger partial charge on any atom is -0.332 e. The van der Waals surface area contributed by atoms with Crippen LogP contribution in [0.1, 0.15) is 35.5 Å². The average Bonchev–Trinajstić information content (AvgIpc) is 3.08. The van der Waals surface area contributed by atoms with Crippen LogP contribution >= 0.6 is 11.3 Å². The van der Waals surface area contributed by atoms with Crippen molar-refractivity contribution in [3.8, 4) is 0 Å². The van der Waals surface area contributed by atoms with Crippen molar-refractivity contribution in [3.05, 3.63) is 76.8 Å². The first kappa shape index (κ1) is 18.1. The number of carbonyl (C=O) groups excluding carboxylic acids is 1. The van der Waals surface area contributed by atoms with Gasteiger partial charge in [0.1, 0.15) is 5.69 Å². The molecule has 0 bridgehead atoms. The molecule has 0 saturated carbocycles. The number of aromatic nitrogens is 1. The maximum atomic E-state index is 13.0. The summed E-state index contributed by atoms with van der Waals surface area (Å²) in [6.45, 7) is 6.68. The molecule has 1 aromatic heterocycles. The van der Waals surface area contributed by atoms with Gasteiger partial charge in [0.2, 0.25) is 0 Å². The third-order valence-electron chi connectivity index (χ3n) is 4.07. The highest BCUT2D eigenvalue weighted by Crippen LogP contribution is 2.23. The van der Waals surface area contributed by atoms with Crippen LogP contribution < -0.4 is 5.32 Å². The normalized spacial score (nSPS) is 10.8. The fourth-order valence-corrected chi connectivity index (χ4v) is 3.40. The third-order valence-corrected chi connectivity index (χ3v) is 4.83. The van der Waals surface area contributed by atoms with Gasteiger partial charge in [-0.1, -0.05) is 42.5 Å². The molecule has 1 heterocycles. The van der Waals surface area contributed by atoms with Gasteiger partial charge in [0.25, 0.3) is 5.91 Å². The number of amides is 1. The van der Waals surface area contributed by atoms with E-state index in [0.717, 1.165) is 16.4 Å². The molecule has 0 aliphatic carbocycles. The van der Waals surface area contributed by atoms with Crippen LogP contribution in [0.4, 0.5) is 10.8 Å². The Balaban J connectivity index is 1.74. The fourth-order valence-electron chi connectivity index (χ4n) is 2.69. The van der Waals surface area contributed by atoms with Gasteiger partial charge in [0, 0.05) is 23.7 Å². The van der Waals surface area contributed by atoms with E-state index in [4.69, 9.17) is 0 Å². The Bertz CT molecular complexity index is 874. The average molecular weight is 366 g/mol. The number of hydrogen-bond acceptors (Lipinski definition) is 4. The maximum absolute atomic E-state index is 13.0. The van der Waals surface area contributed by atoms with Crippen molar-refractivity contribution in [1.29, 1.82) is 0 Å². The maximum Gasteiger partial charge on any atom is 0.273 e. The van der Waals surface area contributed by atoms with Gasteiger partial charge in [-0.05, 0) is 44.0 Å². The summed E-state index contributed by atoms with van der Waals surface area (Å²) in [7, 11) is 0. The first-order valence-corrected chi connectivity index (χ1v) is 9.55. The minimum atomic E-state index is -0.0441. The zero-order valence-corrected chi connectivity index (χ0v) is 16.1. The number of rotatable bonds is 6. The van der Waals surface area contributed by atoms with Crippen LogP contribution in [0.15, 0.2) is 60.0 Å². The van der Waals surface area contributed by atoms with Crippen molar-refractivity contribution >= 4 is 28.1 Å². The number of hydrogen-bond donors (Lipinski definition) is 1. The summed E-state index contributed by atoms with van der Waals surface area (Å²) in [5, 5.41) is 5.82. The van der Waals surface area contributed by atoms with E-state index in [1.54, 1.807) is 0 Å². The van der Waals surface area contributed by atoms with E-state index in [2.05, 4.69) is 16.4 Å². The van der Waals surface area contributed by atoms with Crippen molar-refractivity contribution in [3.63, 3.8) is 0 Å². The van der Waals surface area contributed by atoms with Gasteiger partial charge in [-0.25, -0.2) is 4.98 Å². The summed E-state index contributed by atoms with van der Waals surface area (Å²) in [6, 6.07) is 18.2. The smallest absolute Gasteiger partial charge is 0.273 e. The van der Waals surface area contributed by atoms with E-state index in [9.17, 15) is 4.79 Å². The molecule has 0 aliphatic rings. The summed E-state index contributed by atoms with van der Waals surface area (Å²) >= 11 is 1.44. The zero-order valence-electron chi connectivity index (χ0n) is 15.3. The molecule has 3 rings (SSSR count). The zero-order chi connectivity index (χ0) is 18.5. The van der Waals surface area contributed by atoms with Crippen molar-refractivity contribution in [2.45, 2.75) is 33.4 Å². The second kappa shape index (κ2) is 8.15. The van der Waals surface area contributed by atoms with Gasteiger partial charge in [0.05, 0.1) is 0 Å². The van der Waals surface area contributed by atoms with E-state index in [-0.39, 0.29) is 11.9 Å². The van der Waals surface area contributed by atoms with Gasteiger partial charge in [-0.3, -0.25) is 4.79 Å². The molecule has 1 N–H and O–H groups in total. The summed E-state index contributed by atoms with van der Waals surface area (Å²) in [5.41, 5.74) is 3.75. The molecule has 3 aromatic rings. The summed E-state index contributed by atoms with van der Waals surface area (Å²) in [5.74, 6) is -0.0441. The number of carbonyl (C=O) groups is 1. The number of nitrogens with zero attached hydrogens (tertiary/aromatic N) is 2. The van der Waals surface area contributed by atoms with Crippen LogP contribution in [0, 0.1) is 6.92 Å². The van der Waals surface area contributed by atoms with Crippen molar-refractivity contribution < 1.29 is 4.79 Å². The molecule has 0 spiro atoms. The predicted molar refractivity (Wildman–Crippen MR) is 108 cm³/mol. The highest BCUT2D eigenvalue weighted by atomic mass is 32.1. The van der Waals surface area contributed by atoms with E-state index in [1.807, 2.05) is 79.6 Å². The number of aryl methyl sites for hydroxylation is 1. The SMILES string of the molecule is Cc1cccc(Nc2nc(C(=O)N(Cc3ccccc3)C(C)C)cs2)c1. The fraction of sp³-hybridized carbons (Fsp3) is 0.238. The molecule has 0 saturated heterocycles. The van der Waals surface area contributed by atoms with Gasteiger partial charge in [-0.15, -0.1) is 11.3 Å². The Hall–Kier alpha value is -2.66. The molecule has 0 atom stereocenters. The van der Waals surface area contributed by atoms with Gasteiger partial charge in [-0.2, -0.15) is 0 Å². The molecule has 0 fully saturated rings. The topological polar surface area (TPSA) is 45.2 Å². The molecule has 0 aliphatic heterocycles. The molecular formula is C21H23N3OS. The lowest BCUT2D eigenvalue weighted by Crippen LogP contribution is -2.36. The molecule has 26 heavy (non-hydrogen) atoms. The Morgan fingerprint density at radius 3 is 2.62 bits per heavy atom. The van der Waals surface area contributed by atoms with Crippen LogP contribution in [0.5, 0.6) is 0 Å². The predicted octanol–water partition coefficient (Wildman–Crippen LogP) is 5.25. The number of benzene rings is 2. The van der Waals surface area contributed by atoms with Crippen molar-refractivity contribution in [2.75, 3.05) is 5.32 Å². The monoisotopic (exact) mass is 365 g/mol. The molecule has 2 aromatic carbocycles. The minimum absolute atomic E-state index is 0.0441. The van der Waals surface area contributed by atoms with Gasteiger partial charge >= 0.3 is 0 Å². The second-order valence-corrected chi connectivity index (χ2v) is 7.40. The highest BCUT2D eigenvalue weighted by Gasteiger charge is 2.21. The molecule has 0 radical (unpaired) electrons. The van der Waals surface area contributed by atoms with Crippen LogP contribution in [-0.2, 0) is 6.54 Å². The lowest BCUT2D eigenvalue weighted by molar-refractivity contribution is 0.0685.